The molecule has 0 atom stereocenters. The fourth-order valence-electron chi connectivity index (χ4n) is 1.30. The molecule has 0 radical (unpaired) electrons. The summed E-state index contributed by atoms with van der Waals surface area (Å²) >= 11 is 0. The van der Waals surface area contributed by atoms with Crippen LogP contribution in [0.4, 0.5) is 5.82 Å². The number of hydrogen-bond donors (Lipinski definition) is 1. The van der Waals surface area contributed by atoms with E-state index in [1.54, 1.807) is 0 Å². The number of pyridine rings is 1. The molecule has 1 N–H and O–H groups in total. The number of unbranched alkanes of at least 4 members (excludes halogenated alkanes) is 1. The van der Waals surface area contributed by atoms with Gasteiger partial charge in [0, 0.05) is 19.3 Å². The van der Waals surface area contributed by atoms with Crippen LogP contribution in [0.25, 0.3) is 0 Å². The molecule has 3 nitrogen and oxygen atoms in total. The van der Waals surface area contributed by atoms with E-state index in [9.17, 15) is 0 Å². The highest BCUT2D eigenvalue weighted by molar-refractivity contribution is 5.35. The van der Waals surface area contributed by atoms with E-state index in [4.69, 9.17) is 4.74 Å². The van der Waals surface area contributed by atoms with E-state index in [-0.39, 0.29) is 0 Å². The Balaban J connectivity index is 2.27. The zero-order valence-electron chi connectivity index (χ0n) is 10.3. The van der Waals surface area contributed by atoms with Crippen molar-refractivity contribution in [1.82, 2.24) is 4.98 Å². The molecule has 90 valence electrons. The standard InChI is InChI=1S/C13H22N2O/c1-3-5-9-16-11-12-6-7-13(15-10-12)14-8-4-2/h6-7,10H,3-5,8-9,11H2,1-2H3,(H,14,15). The van der Waals surface area contributed by atoms with Crippen molar-refractivity contribution in [3.05, 3.63) is 23.9 Å². The van der Waals surface area contributed by atoms with Crippen molar-refractivity contribution in [3.8, 4) is 0 Å². The Kier molecular flexibility index (Phi) is 6.58. The Labute approximate surface area is 98.2 Å². The lowest BCUT2D eigenvalue weighted by Crippen LogP contribution is -2.02. The minimum atomic E-state index is 0.668. The minimum absolute atomic E-state index is 0.668. The second kappa shape index (κ2) is 8.11. The molecule has 0 amide bonds. The van der Waals surface area contributed by atoms with Crippen LogP contribution < -0.4 is 5.32 Å². The molecule has 0 fully saturated rings. The zero-order chi connectivity index (χ0) is 11.6. The summed E-state index contributed by atoms with van der Waals surface area (Å²) in [7, 11) is 0. The molecule has 3 heteroatoms. The number of hydrogen-bond acceptors (Lipinski definition) is 3. The van der Waals surface area contributed by atoms with E-state index in [0.29, 0.717) is 6.61 Å². The summed E-state index contributed by atoms with van der Waals surface area (Å²) in [6, 6.07) is 4.07. The van der Waals surface area contributed by atoms with Gasteiger partial charge >= 0.3 is 0 Å². The Bertz CT molecular complexity index is 272. The average molecular weight is 222 g/mol. The van der Waals surface area contributed by atoms with Gasteiger partial charge in [0.2, 0.25) is 0 Å². The van der Waals surface area contributed by atoms with Gasteiger partial charge in [0.1, 0.15) is 5.82 Å². The molecule has 0 aliphatic rings. The summed E-state index contributed by atoms with van der Waals surface area (Å²) in [5.74, 6) is 0.944. The van der Waals surface area contributed by atoms with E-state index in [2.05, 4.69) is 30.2 Å². The summed E-state index contributed by atoms with van der Waals surface area (Å²) in [6.07, 6.45) is 5.30. The van der Waals surface area contributed by atoms with Gasteiger partial charge in [-0.05, 0) is 24.5 Å². The summed E-state index contributed by atoms with van der Waals surface area (Å²) < 4.78 is 5.52. The molecule has 1 aromatic heterocycles. The molecule has 0 spiro atoms. The predicted molar refractivity (Wildman–Crippen MR) is 67.6 cm³/mol. The van der Waals surface area contributed by atoms with E-state index in [1.807, 2.05) is 12.3 Å². The third-order valence-electron chi connectivity index (χ3n) is 2.29. The van der Waals surface area contributed by atoms with Gasteiger partial charge in [0.15, 0.2) is 0 Å². The van der Waals surface area contributed by atoms with Crippen molar-refractivity contribution < 1.29 is 4.74 Å². The van der Waals surface area contributed by atoms with Gasteiger partial charge in [-0.3, -0.25) is 0 Å². The van der Waals surface area contributed by atoms with E-state index in [0.717, 1.165) is 37.4 Å². The quantitative estimate of drug-likeness (QED) is 0.686. The minimum Gasteiger partial charge on any atom is -0.377 e. The molecule has 0 aliphatic heterocycles. The molecule has 0 bridgehead atoms. The van der Waals surface area contributed by atoms with Crippen LogP contribution >= 0.6 is 0 Å². The number of nitrogens with one attached hydrogen (secondary N) is 1. The van der Waals surface area contributed by atoms with Crippen molar-refractivity contribution in [2.45, 2.75) is 39.7 Å². The van der Waals surface area contributed by atoms with Gasteiger partial charge in [0.05, 0.1) is 6.61 Å². The highest BCUT2D eigenvalue weighted by atomic mass is 16.5. The molecule has 1 heterocycles. The fourth-order valence-corrected chi connectivity index (χ4v) is 1.30. The average Bonchev–Trinajstić information content (AvgIpc) is 2.33. The maximum Gasteiger partial charge on any atom is 0.125 e. The van der Waals surface area contributed by atoms with Crippen molar-refractivity contribution >= 4 is 5.82 Å². The Hall–Kier alpha value is -1.09. The first kappa shape index (κ1) is 13.0. The molecular weight excluding hydrogens is 200 g/mol. The number of ether oxygens (including phenoxy) is 1. The first-order chi connectivity index (χ1) is 7.86. The van der Waals surface area contributed by atoms with Gasteiger partial charge < -0.3 is 10.1 Å². The predicted octanol–water partition coefficient (Wildman–Crippen LogP) is 3.22. The Morgan fingerprint density at radius 2 is 2.12 bits per heavy atom. The van der Waals surface area contributed by atoms with Crippen molar-refractivity contribution in [2.24, 2.45) is 0 Å². The molecule has 0 aliphatic carbocycles. The maximum atomic E-state index is 5.52. The Morgan fingerprint density at radius 1 is 1.25 bits per heavy atom. The van der Waals surface area contributed by atoms with E-state index < -0.39 is 0 Å². The van der Waals surface area contributed by atoms with Gasteiger partial charge in [0.25, 0.3) is 0 Å². The number of anilines is 1. The monoisotopic (exact) mass is 222 g/mol. The molecule has 0 unspecified atom stereocenters. The van der Waals surface area contributed by atoms with Crippen LogP contribution in [0.1, 0.15) is 38.7 Å². The third-order valence-corrected chi connectivity index (χ3v) is 2.29. The topological polar surface area (TPSA) is 34.1 Å². The molecule has 1 rings (SSSR count). The van der Waals surface area contributed by atoms with Crippen LogP contribution in [0.3, 0.4) is 0 Å². The molecular formula is C13H22N2O. The number of nitrogens with zero attached hydrogens (tertiary/aromatic N) is 1. The lowest BCUT2D eigenvalue weighted by atomic mass is 10.3. The molecule has 0 saturated carbocycles. The van der Waals surface area contributed by atoms with Crippen molar-refractivity contribution in [3.63, 3.8) is 0 Å². The van der Waals surface area contributed by atoms with Crippen molar-refractivity contribution in [2.75, 3.05) is 18.5 Å². The van der Waals surface area contributed by atoms with Crippen LogP contribution in [-0.4, -0.2) is 18.1 Å². The first-order valence-corrected chi connectivity index (χ1v) is 6.13. The third kappa shape index (κ3) is 5.12. The lowest BCUT2D eigenvalue weighted by molar-refractivity contribution is 0.118. The second-order valence-corrected chi connectivity index (χ2v) is 3.88. The molecule has 1 aromatic rings. The summed E-state index contributed by atoms with van der Waals surface area (Å²) in [6.45, 7) is 6.79. The van der Waals surface area contributed by atoms with E-state index in [1.165, 1.54) is 6.42 Å². The normalized spacial score (nSPS) is 10.4. The molecule has 0 saturated heterocycles. The Morgan fingerprint density at radius 3 is 2.75 bits per heavy atom. The second-order valence-electron chi connectivity index (χ2n) is 3.88. The molecule has 0 aromatic carbocycles. The lowest BCUT2D eigenvalue weighted by Gasteiger charge is -2.06. The fraction of sp³-hybridized carbons (Fsp3) is 0.615. The van der Waals surface area contributed by atoms with Gasteiger partial charge in [-0.25, -0.2) is 4.98 Å². The molecule has 16 heavy (non-hydrogen) atoms. The van der Waals surface area contributed by atoms with Crippen LogP contribution in [0.15, 0.2) is 18.3 Å². The van der Waals surface area contributed by atoms with Gasteiger partial charge in [-0.1, -0.05) is 26.3 Å². The van der Waals surface area contributed by atoms with Crippen LogP contribution in [0.2, 0.25) is 0 Å². The SMILES string of the molecule is CCCCOCc1ccc(NCCC)nc1. The highest BCUT2D eigenvalue weighted by Gasteiger charge is 1.95. The van der Waals surface area contributed by atoms with Crippen LogP contribution in [-0.2, 0) is 11.3 Å². The number of rotatable bonds is 8. The summed E-state index contributed by atoms with van der Waals surface area (Å²) in [4.78, 5) is 4.32. The first-order valence-electron chi connectivity index (χ1n) is 6.13. The van der Waals surface area contributed by atoms with E-state index >= 15 is 0 Å². The number of aromatic nitrogens is 1. The van der Waals surface area contributed by atoms with Crippen LogP contribution in [0.5, 0.6) is 0 Å². The van der Waals surface area contributed by atoms with Crippen molar-refractivity contribution in [1.29, 1.82) is 0 Å². The maximum absolute atomic E-state index is 5.52. The summed E-state index contributed by atoms with van der Waals surface area (Å²) in [5, 5.41) is 3.25. The van der Waals surface area contributed by atoms with Gasteiger partial charge in [-0.15, -0.1) is 0 Å². The van der Waals surface area contributed by atoms with Crippen LogP contribution in [0, 0.1) is 0 Å². The summed E-state index contributed by atoms with van der Waals surface area (Å²) in [5.41, 5.74) is 1.14. The highest BCUT2D eigenvalue weighted by Crippen LogP contribution is 2.06. The smallest absolute Gasteiger partial charge is 0.125 e. The zero-order valence-corrected chi connectivity index (χ0v) is 10.3. The van der Waals surface area contributed by atoms with Gasteiger partial charge in [-0.2, -0.15) is 0 Å². The largest absolute Gasteiger partial charge is 0.377 e.